The van der Waals surface area contributed by atoms with Crippen LogP contribution >= 0.6 is 0 Å². The molecule has 0 N–H and O–H groups in total. The van der Waals surface area contributed by atoms with Crippen LogP contribution in [0.2, 0.25) is 0 Å². The van der Waals surface area contributed by atoms with E-state index in [1.54, 1.807) is 4.90 Å². The van der Waals surface area contributed by atoms with Crippen molar-refractivity contribution < 1.29 is 14.3 Å². The lowest BCUT2D eigenvalue weighted by atomic mass is 10.2. The third-order valence-corrected chi connectivity index (χ3v) is 5.67. The molecule has 3 heterocycles. The highest BCUT2D eigenvalue weighted by Crippen LogP contribution is 2.18. The van der Waals surface area contributed by atoms with Crippen molar-refractivity contribution in [2.75, 3.05) is 26.2 Å². The number of rotatable bonds is 5. The summed E-state index contributed by atoms with van der Waals surface area (Å²) in [5.74, 6) is 0.653. The molecule has 0 aliphatic carbocycles. The van der Waals surface area contributed by atoms with Crippen molar-refractivity contribution in [2.24, 2.45) is 0 Å². The molecule has 7 heteroatoms. The summed E-state index contributed by atoms with van der Waals surface area (Å²) in [6.07, 6.45) is 3.90. The van der Waals surface area contributed by atoms with Gasteiger partial charge in [0, 0.05) is 26.2 Å². The maximum absolute atomic E-state index is 12.7. The Labute approximate surface area is 171 Å². The molecule has 1 saturated heterocycles. The van der Waals surface area contributed by atoms with Gasteiger partial charge in [0.2, 0.25) is 0 Å². The van der Waals surface area contributed by atoms with E-state index in [-0.39, 0.29) is 18.4 Å². The van der Waals surface area contributed by atoms with Gasteiger partial charge in [-0.15, -0.1) is 0 Å². The smallest absolute Gasteiger partial charge is 0.274 e. The molecular weight excluding hydrogens is 368 g/mol. The second-order valence-electron chi connectivity index (χ2n) is 7.70. The molecule has 2 aliphatic heterocycles. The van der Waals surface area contributed by atoms with Gasteiger partial charge in [-0.2, -0.15) is 5.10 Å². The van der Waals surface area contributed by atoms with Crippen LogP contribution in [0.3, 0.4) is 0 Å². The molecule has 0 bridgehead atoms. The number of carbonyl (C=O) groups excluding carboxylic acids is 2. The number of likely N-dealkylation sites (tertiary alicyclic amines) is 1. The Bertz CT molecular complexity index is 869. The minimum Gasteiger partial charge on any atom is -0.484 e. The van der Waals surface area contributed by atoms with E-state index in [0.29, 0.717) is 31.1 Å². The number of hydrogen-bond acceptors (Lipinski definition) is 4. The van der Waals surface area contributed by atoms with E-state index < -0.39 is 0 Å². The van der Waals surface area contributed by atoms with Gasteiger partial charge in [-0.1, -0.05) is 19.1 Å². The van der Waals surface area contributed by atoms with E-state index in [9.17, 15) is 9.59 Å². The Kier molecular flexibility index (Phi) is 5.83. The lowest BCUT2D eigenvalue weighted by Gasteiger charge is -2.20. The fourth-order valence-corrected chi connectivity index (χ4v) is 3.92. The molecule has 1 fully saturated rings. The summed E-state index contributed by atoms with van der Waals surface area (Å²) in [5.41, 5.74) is 2.64. The Hall–Kier alpha value is -2.83. The third kappa shape index (κ3) is 4.44. The second-order valence-corrected chi connectivity index (χ2v) is 7.70. The molecule has 0 unspecified atom stereocenters. The first-order valence-corrected chi connectivity index (χ1v) is 10.5. The Morgan fingerprint density at radius 2 is 1.72 bits per heavy atom. The number of aromatic nitrogens is 2. The molecule has 0 radical (unpaired) electrons. The van der Waals surface area contributed by atoms with Gasteiger partial charge in [0.15, 0.2) is 12.3 Å². The molecule has 154 valence electrons. The van der Waals surface area contributed by atoms with E-state index in [1.807, 2.05) is 39.9 Å². The van der Waals surface area contributed by atoms with E-state index in [2.05, 4.69) is 12.0 Å². The number of fused-ring (bicyclic) bond motifs is 1. The SMILES string of the molecule is CCc1ccc(OCC(=O)N2CCCn3nc(C(=O)N4CCCC4)cc3C2)cc1. The first-order chi connectivity index (χ1) is 14.1. The molecular formula is C22H28N4O3. The molecule has 29 heavy (non-hydrogen) atoms. The predicted octanol–water partition coefficient (Wildman–Crippen LogP) is 2.49. The molecule has 2 aliphatic rings. The number of amides is 2. The molecule has 0 atom stereocenters. The monoisotopic (exact) mass is 396 g/mol. The van der Waals surface area contributed by atoms with Crippen LogP contribution in [0.1, 0.15) is 47.9 Å². The van der Waals surface area contributed by atoms with Crippen LogP contribution in [-0.4, -0.2) is 57.6 Å². The summed E-state index contributed by atoms with van der Waals surface area (Å²) in [6.45, 7) is 5.57. The zero-order chi connectivity index (χ0) is 20.2. The van der Waals surface area contributed by atoms with Crippen LogP contribution in [0.25, 0.3) is 0 Å². The predicted molar refractivity (Wildman–Crippen MR) is 109 cm³/mol. The molecule has 2 amide bonds. The second kappa shape index (κ2) is 8.68. The highest BCUT2D eigenvalue weighted by Gasteiger charge is 2.26. The van der Waals surface area contributed by atoms with Gasteiger partial charge in [-0.25, -0.2) is 0 Å². The molecule has 1 aromatic carbocycles. The maximum atomic E-state index is 12.7. The quantitative estimate of drug-likeness (QED) is 0.779. The lowest BCUT2D eigenvalue weighted by molar-refractivity contribution is -0.134. The standard InChI is InChI=1S/C22H28N4O3/c1-2-17-6-8-19(9-7-17)29-16-21(27)25-12-5-13-26-18(15-25)14-20(23-26)22(28)24-10-3-4-11-24/h6-9,14H,2-5,10-13,15-16H2,1H3. The highest BCUT2D eigenvalue weighted by molar-refractivity contribution is 5.92. The van der Waals surface area contributed by atoms with E-state index >= 15 is 0 Å². The molecule has 0 saturated carbocycles. The Morgan fingerprint density at radius 3 is 2.45 bits per heavy atom. The van der Waals surface area contributed by atoms with E-state index in [4.69, 9.17) is 4.74 Å². The summed E-state index contributed by atoms with van der Waals surface area (Å²) in [6, 6.07) is 9.68. The molecule has 2 aromatic rings. The summed E-state index contributed by atoms with van der Waals surface area (Å²) >= 11 is 0. The third-order valence-electron chi connectivity index (χ3n) is 5.67. The maximum Gasteiger partial charge on any atom is 0.274 e. The summed E-state index contributed by atoms with van der Waals surface area (Å²) in [7, 11) is 0. The fraction of sp³-hybridized carbons (Fsp3) is 0.500. The van der Waals surface area contributed by atoms with Crippen molar-refractivity contribution in [1.29, 1.82) is 0 Å². The van der Waals surface area contributed by atoms with Gasteiger partial charge >= 0.3 is 0 Å². The Morgan fingerprint density at radius 1 is 1.00 bits per heavy atom. The number of nitrogens with zero attached hydrogens (tertiary/aromatic N) is 4. The van der Waals surface area contributed by atoms with Crippen LogP contribution in [0, 0.1) is 0 Å². The molecule has 4 rings (SSSR count). The zero-order valence-corrected chi connectivity index (χ0v) is 17.0. The van der Waals surface area contributed by atoms with Crippen LogP contribution < -0.4 is 4.74 Å². The van der Waals surface area contributed by atoms with Crippen LogP contribution in [0.15, 0.2) is 30.3 Å². The number of carbonyl (C=O) groups is 2. The van der Waals surface area contributed by atoms with Crippen molar-refractivity contribution >= 4 is 11.8 Å². The normalized spacial score (nSPS) is 16.4. The van der Waals surface area contributed by atoms with Gasteiger partial charge in [-0.3, -0.25) is 14.3 Å². The fourth-order valence-electron chi connectivity index (χ4n) is 3.92. The van der Waals surface area contributed by atoms with Crippen molar-refractivity contribution in [3.63, 3.8) is 0 Å². The van der Waals surface area contributed by atoms with Crippen molar-refractivity contribution in [3.05, 3.63) is 47.3 Å². The van der Waals surface area contributed by atoms with Gasteiger partial charge in [0.1, 0.15) is 5.75 Å². The first-order valence-electron chi connectivity index (χ1n) is 10.5. The van der Waals surface area contributed by atoms with Crippen LogP contribution in [-0.2, 0) is 24.3 Å². The summed E-state index contributed by atoms with van der Waals surface area (Å²) < 4.78 is 7.56. The van der Waals surface area contributed by atoms with Crippen molar-refractivity contribution in [1.82, 2.24) is 19.6 Å². The lowest BCUT2D eigenvalue weighted by Crippen LogP contribution is -2.34. The van der Waals surface area contributed by atoms with Gasteiger partial charge in [0.05, 0.1) is 12.2 Å². The summed E-state index contributed by atoms with van der Waals surface area (Å²) in [4.78, 5) is 29.0. The summed E-state index contributed by atoms with van der Waals surface area (Å²) in [5, 5.41) is 4.52. The van der Waals surface area contributed by atoms with E-state index in [1.165, 1.54) is 5.56 Å². The largest absolute Gasteiger partial charge is 0.484 e. The molecule has 7 nitrogen and oxygen atoms in total. The van der Waals surface area contributed by atoms with E-state index in [0.717, 1.165) is 44.5 Å². The number of benzene rings is 1. The minimum atomic E-state index is -0.0494. The molecule has 1 aromatic heterocycles. The first kappa shape index (κ1) is 19.5. The minimum absolute atomic E-state index is 0.000176. The van der Waals surface area contributed by atoms with Gasteiger partial charge in [-0.05, 0) is 49.4 Å². The van der Waals surface area contributed by atoms with Crippen LogP contribution in [0.5, 0.6) is 5.75 Å². The van der Waals surface area contributed by atoms with Crippen molar-refractivity contribution in [2.45, 2.75) is 45.7 Å². The number of hydrogen-bond donors (Lipinski definition) is 0. The van der Waals surface area contributed by atoms with Gasteiger partial charge < -0.3 is 14.5 Å². The average Bonchev–Trinajstić information content (AvgIpc) is 3.38. The number of aryl methyl sites for hydroxylation is 2. The molecule has 0 spiro atoms. The van der Waals surface area contributed by atoms with Crippen molar-refractivity contribution in [3.8, 4) is 5.75 Å². The number of ether oxygens (including phenoxy) is 1. The average molecular weight is 396 g/mol. The Balaban J connectivity index is 1.38. The van der Waals surface area contributed by atoms with Gasteiger partial charge in [0.25, 0.3) is 11.8 Å². The topological polar surface area (TPSA) is 67.7 Å². The zero-order valence-electron chi connectivity index (χ0n) is 17.0. The highest BCUT2D eigenvalue weighted by atomic mass is 16.5. The van der Waals surface area contributed by atoms with Crippen LogP contribution in [0.4, 0.5) is 0 Å².